The first-order chi connectivity index (χ1) is 9.65. The molecule has 2 rings (SSSR count). The second kappa shape index (κ2) is 7.22. The predicted octanol–water partition coefficient (Wildman–Crippen LogP) is 3.53. The van der Waals surface area contributed by atoms with Crippen LogP contribution >= 0.6 is 23.4 Å². The Morgan fingerprint density at radius 3 is 2.75 bits per heavy atom. The van der Waals surface area contributed by atoms with Crippen molar-refractivity contribution in [1.82, 2.24) is 0 Å². The molecule has 0 fully saturated rings. The average Bonchev–Trinajstić information content (AvgIpc) is 2.44. The highest BCUT2D eigenvalue weighted by molar-refractivity contribution is 8.00. The number of anilines is 1. The second-order valence-corrected chi connectivity index (χ2v) is 5.69. The number of nitrogens with one attached hydrogen (secondary N) is 1. The number of halogens is 1. The van der Waals surface area contributed by atoms with Gasteiger partial charge in [0.2, 0.25) is 5.91 Å². The van der Waals surface area contributed by atoms with Gasteiger partial charge in [0.15, 0.2) is 0 Å². The number of thioether (sulfide) groups is 1. The van der Waals surface area contributed by atoms with Gasteiger partial charge in [0.1, 0.15) is 0 Å². The number of amides is 1. The third kappa shape index (κ3) is 4.47. The highest BCUT2D eigenvalue weighted by atomic mass is 35.5. The summed E-state index contributed by atoms with van der Waals surface area (Å²) < 4.78 is 0. The van der Waals surface area contributed by atoms with Crippen LogP contribution in [0.25, 0.3) is 0 Å². The Balaban J connectivity index is 2.03. The third-order valence-electron chi connectivity index (χ3n) is 2.63. The molecule has 2 aromatic carbocycles. The van der Waals surface area contributed by atoms with Crippen LogP contribution in [0.3, 0.4) is 0 Å². The fourth-order valence-corrected chi connectivity index (χ4v) is 2.71. The largest absolute Gasteiger partial charge is 0.380 e. The summed E-state index contributed by atoms with van der Waals surface area (Å²) in [6, 6.07) is 15.5. The number of nitrogens with two attached hydrogens (primary N) is 1. The Morgan fingerprint density at radius 1 is 1.20 bits per heavy atom. The van der Waals surface area contributed by atoms with E-state index < -0.39 is 0 Å². The van der Waals surface area contributed by atoms with Gasteiger partial charge in [-0.2, -0.15) is 0 Å². The zero-order valence-corrected chi connectivity index (χ0v) is 12.4. The van der Waals surface area contributed by atoms with Crippen molar-refractivity contribution >= 4 is 35.0 Å². The summed E-state index contributed by atoms with van der Waals surface area (Å²) in [7, 11) is 0. The molecule has 0 aliphatic rings. The average molecular weight is 307 g/mol. The Hall–Kier alpha value is -1.65. The lowest BCUT2D eigenvalue weighted by Gasteiger charge is -2.11. The number of carbonyl (C=O) groups excluding carboxylic acids is 1. The maximum atomic E-state index is 10.9. The maximum absolute atomic E-state index is 10.9. The topological polar surface area (TPSA) is 55.1 Å². The van der Waals surface area contributed by atoms with E-state index in [-0.39, 0.29) is 11.7 Å². The van der Waals surface area contributed by atoms with Crippen LogP contribution in [-0.4, -0.2) is 11.7 Å². The number of carbonyl (C=O) groups is 1. The zero-order chi connectivity index (χ0) is 14.4. The van der Waals surface area contributed by atoms with Gasteiger partial charge >= 0.3 is 0 Å². The van der Waals surface area contributed by atoms with Crippen LogP contribution in [0.2, 0.25) is 5.02 Å². The first-order valence-corrected chi connectivity index (χ1v) is 7.50. The van der Waals surface area contributed by atoms with Gasteiger partial charge in [0, 0.05) is 22.2 Å². The molecule has 0 aliphatic heterocycles. The van der Waals surface area contributed by atoms with Crippen LogP contribution in [0.15, 0.2) is 53.4 Å². The van der Waals surface area contributed by atoms with E-state index >= 15 is 0 Å². The van der Waals surface area contributed by atoms with Crippen LogP contribution in [0.1, 0.15) is 5.56 Å². The first-order valence-electron chi connectivity index (χ1n) is 6.13. The van der Waals surface area contributed by atoms with E-state index in [1.165, 1.54) is 11.8 Å². The van der Waals surface area contributed by atoms with E-state index in [2.05, 4.69) is 5.32 Å². The van der Waals surface area contributed by atoms with Gasteiger partial charge in [-0.05, 0) is 29.8 Å². The Kier molecular flexibility index (Phi) is 5.32. The molecule has 0 saturated carbocycles. The highest BCUT2D eigenvalue weighted by Gasteiger charge is 2.04. The van der Waals surface area contributed by atoms with Crippen molar-refractivity contribution in [2.75, 3.05) is 11.1 Å². The van der Waals surface area contributed by atoms with Crippen molar-refractivity contribution in [3.63, 3.8) is 0 Å². The van der Waals surface area contributed by atoms with E-state index in [9.17, 15) is 4.79 Å². The molecule has 0 heterocycles. The number of hydrogen-bond donors (Lipinski definition) is 2. The molecule has 0 radical (unpaired) electrons. The molecule has 0 aromatic heterocycles. The fraction of sp³-hybridized carbons (Fsp3) is 0.133. The van der Waals surface area contributed by atoms with E-state index in [0.29, 0.717) is 6.54 Å². The lowest BCUT2D eigenvalue weighted by molar-refractivity contribution is -0.115. The molecule has 0 atom stereocenters. The highest BCUT2D eigenvalue weighted by Crippen LogP contribution is 2.27. The molecule has 1 amide bonds. The van der Waals surface area contributed by atoms with Crippen LogP contribution in [0, 0.1) is 0 Å². The second-order valence-electron chi connectivity index (χ2n) is 4.23. The van der Waals surface area contributed by atoms with E-state index in [1.807, 2.05) is 48.5 Å². The summed E-state index contributed by atoms with van der Waals surface area (Å²) in [5.41, 5.74) is 7.27. The first kappa shape index (κ1) is 14.8. The predicted molar refractivity (Wildman–Crippen MR) is 85.1 cm³/mol. The van der Waals surface area contributed by atoms with Crippen LogP contribution in [0.4, 0.5) is 5.69 Å². The molecular weight excluding hydrogens is 292 g/mol. The minimum Gasteiger partial charge on any atom is -0.380 e. The maximum Gasteiger partial charge on any atom is 0.227 e. The molecule has 0 bridgehead atoms. The lowest BCUT2D eigenvalue weighted by Crippen LogP contribution is -2.13. The molecule has 0 unspecified atom stereocenters. The summed E-state index contributed by atoms with van der Waals surface area (Å²) in [6.45, 7) is 0.675. The normalized spacial score (nSPS) is 10.2. The van der Waals surface area contributed by atoms with Crippen LogP contribution in [0.5, 0.6) is 0 Å². The van der Waals surface area contributed by atoms with Gasteiger partial charge in [0.05, 0.1) is 5.75 Å². The molecule has 0 saturated heterocycles. The number of para-hydroxylation sites is 1. The van der Waals surface area contributed by atoms with Gasteiger partial charge in [-0.15, -0.1) is 11.8 Å². The quantitative estimate of drug-likeness (QED) is 0.803. The number of rotatable bonds is 6. The van der Waals surface area contributed by atoms with Crippen molar-refractivity contribution in [1.29, 1.82) is 0 Å². The van der Waals surface area contributed by atoms with Crippen LogP contribution in [-0.2, 0) is 11.3 Å². The summed E-state index contributed by atoms with van der Waals surface area (Å²) in [5.74, 6) is -0.0461. The molecule has 3 N–H and O–H groups in total. The minimum atomic E-state index is -0.320. The summed E-state index contributed by atoms with van der Waals surface area (Å²) >= 11 is 7.39. The fourth-order valence-electron chi connectivity index (χ4n) is 1.73. The molecule has 0 aliphatic carbocycles. The number of hydrogen-bond acceptors (Lipinski definition) is 3. The van der Waals surface area contributed by atoms with Crippen LogP contribution < -0.4 is 11.1 Å². The van der Waals surface area contributed by atoms with Gasteiger partial charge in [-0.1, -0.05) is 35.9 Å². The van der Waals surface area contributed by atoms with Gasteiger partial charge in [0.25, 0.3) is 0 Å². The minimum absolute atomic E-state index is 0.274. The Labute approximate surface area is 127 Å². The summed E-state index contributed by atoms with van der Waals surface area (Å²) in [6.07, 6.45) is 0. The Morgan fingerprint density at radius 2 is 2.00 bits per heavy atom. The molecule has 5 heteroatoms. The monoisotopic (exact) mass is 306 g/mol. The summed E-state index contributed by atoms with van der Waals surface area (Å²) in [5, 5.41) is 4.07. The SMILES string of the molecule is NC(=O)CSc1ccccc1NCc1cccc(Cl)c1. The van der Waals surface area contributed by atoms with E-state index in [1.54, 1.807) is 0 Å². The zero-order valence-electron chi connectivity index (χ0n) is 10.8. The van der Waals surface area contributed by atoms with E-state index in [4.69, 9.17) is 17.3 Å². The van der Waals surface area contributed by atoms with E-state index in [0.717, 1.165) is 21.2 Å². The molecule has 3 nitrogen and oxygen atoms in total. The Bertz CT molecular complexity index is 604. The van der Waals surface area contributed by atoms with Crippen molar-refractivity contribution < 1.29 is 4.79 Å². The molecular formula is C15H15ClN2OS. The van der Waals surface area contributed by atoms with Crippen molar-refractivity contribution in [3.05, 3.63) is 59.1 Å². The third-order valence-corrected chi connectivity index (χ3v) is 3.96. The van der Waals surface area contributed by atoms with Crippen molar-refractivity contribution in [2.45, 2.75) is 11.4 Å². The molecule has 104 valence electrons. The number of primary amides is 1. The standard InChI is InChI=1S/C15H15ClN2OS/c16-12-5-3-4-11(8-12)9-18-13-6-1-2-7-14(13)20-10-15(17)19/h1-8,18H,9-10H2,(H2,17,19). The van der Waals surface area contributed by atoms with Gasteiger partial charge in [-0.25, -0.2) is 0 Å². The van der Waals surface area contributed by atoms with Crippen molar-refractivity contribution in [3.8, 4) is 0 Å². The summed E-state index contributed by atoms with van der Waals surface area (Å²) in [4.78, 5) is 11.9. The molecule has 0 spiro atoms. The van der Waals surface area contributed by atoms with Crippen molar-refractivity contribution in [2.24, 2.45) is 5.73 Å². The lowest BCUT2D eigenvalue weighted by atomic mass is 10.2. The molecule has 20 heavy (non-hydrogen) atoms. The molecule has 2 aromatic rings. The number of benzene rings is 2. The van der Waals surface area contributed by atoms with Gasteiger partial charge < -0.3 is 11.1 Å². The smallest absolute Gasteiger partial charge is 0.227 e. The van der Waals surface area contributed by atoms with Gasteiger partial charge in [-0.3, -0.25) is 4.79 Å².